The van der Waals surface area contributed by atoms with E-state index in [-0.39, 0.29) is 19.5 Å². The van der Waals surface area contributed by atoms with Crippen LogP contribution in [0.15, 0.2) is 0 Å². The SMILES string of the molecule is CCCCCCCCCCCCCCCCCCCCCC(=O)O.O=S(=O)([O-])[O-].[Zn+2]. The van der Waals surface area contributed by atoms with Crippen molar-refractivity contribution in [3.63, 3.8) is 0 Å². The third kappa shape index (κ3) is 46.3. The first-order chi connectivity index (χ1) is 13.8. The van der Waals surface area contributed by atoms with Gasteiger partial charge in [0.1, 0.15) is 0 Å². The second-order valence-corrected chi connectivity index (χ2v) is 8.73. The van der Waals surface area contributed by atoms with Gasteiger partial charge < -0.3 is 14.2 Å². The molecule has 0 aromatic heterocycles. The minimum Gasteiger partial charge on any atom is -0.759 e. The van der Waals surface area contributed by atoms with Gasteiger partial charge in [-0.3, -0.25) is 13.2 Å². The summed E-state index contributed by atoms with van der Waals surface area (Å²) in [5.41, 5.74) is 0. The van der Waals surface area contributed by atoms with Gasteiger partial charge in [-0.05, 0) is 6.42 Å². The van der Waals surface area contributed by atoms with Gasteiger partial charge in [0.25, 0.3) is 0 Å². The molecule has 0 heterocycles. The van der Waals surface area contributed by atoms with E-state index < -0.39 is 16.4 Å². The van der Waals surface area contributed by atoms with Gasteiger partial charge in [-0.1, -0.05) is 122 Å². The fourth-order valence-electron chi connectivity index (χ4n) is 3.35. The van der Waals surface area contributed by atoms with Crippen LogP contribution in [0.3, 0.4) is 0 Å². The van der Waals surface area contributed by atoms with E-state index in [9.17, 15) is 4.79 Å². The maximum absolute atomic E-state index is 10.4. The summed E-state index contributed by atoms with van der Waals surface area (Å²) in [4.78, 5) is 10.4. The topological polar surface area (TPSA) is 118 Å². The van der Waals surface area contributed by atoms with Crippen LogP contribution in [0.1, 0.15) is 135 Å². The zero-order chi connectivity index (χ0) is 22.2. The van der Waals surface area contributed by atoms with Crippen molar-refractivity contribution in [2.45, 2.75) is 135 Å². The molecule has 0 saturated heterocycles. The Bertz CT molecular complexity index is 435. The number of aliphatic carboxylic acids is 1. The number of unbranched alkanes of at least 4 members (excludes halogenated alkanes) is 18. The molecule has 176 valence electrons. The summed E-state index contributed by atoms with van der Waals surface area (Å²) < 4.78 is 34.1. The predicted molar refractivity (Wildman–Crippen MR) is 116 cm³/mol. The Kier molecular flexibility index (Phi) is 31.1. The average Bonchev–Trinajstić information content (AvgIpc) is 2.62. The zero-order valence-corrected chi connectivity index (χ0v) is 23.0. The fraction of sp³-hybridized carbons (Fsp3) is 0.955. The van der Waals surface area contributed by atoms with Crippen molar-refractivity contribution < 1.29 is 46.9 Å². The van der Waals surface area contributed by atoms with Gasteiger partial charge >= 0.3 is 25.4 Å². The normalized spacial score (nSPS) is 10.8. The Balaban J connectivity index is -0.00000108. The fourth-order valence-corrected chi connectivity index (χ4v) is 3.35. The second-order valence-electron chi connectivity index (χ2n) is 7.92. The summed E-state index contributed by atoms with van der Waals surface area (Å²) in [6, 6.07) is 0. The standard InChI is InChI=1S/C22H44O2.H2O4S.Zn/c1-2-3-4-5-6-7-8-9-10-11-12-13-14-15-16-17-18-19-20-21-22(23)24;1-5(2,3)4;/h2-21H2,1H3,(H,23,24);(H2,1,2,3,4);/q;;+2/p-2. The maximum Gasteiger partial charge on any atom is 2.00 e. The molecule has 30 heavy (non-hydrogen) atoms. The third-order valence-electron chi connectivity index (χ3n) is 4.99. The number of carbonyl (C=O) groups is 1. The first-order valence-corrected chi connectivity index (χ1v) is 13.0. The largest absolute Gasteiger partial charge is 2.00 e. The third-order valence-corrected chi connectivity index (χ3v) is 4.99. The van der Waals surface area contributed by atoms with Crippen LogP contribution in [0.4, 0.5) is 0 Å². The van der Waals surface area contributed by atoms with Crippen LogP contribution < -0.4 is 0 Å². The Morgan fingerprint density at radius 3 is 1.00 bits per heavy atom. The first kappa shape index (κ1) is 34.6. The molecule has 1 N–H and O–H groups in total. The zero-order valence-electron chi connectivity index (χ0n) is 19.2. The van der Waals surface area contributed by atoms with Crippen molar-refractivity contribution in [1.82, 2.24) is 0 Å². The number of hydrogen-bond acceptors (Lipinski definition) is 5. The van der Waals surface area contributed by atoms with E-state index in [0.29, 0.717) is 6.42 Å². The van der Waals surface area contributed by atoms with Crippen LogP contribution >= 0.6 is 0 Å². The van der Waals surface area contributed by atoms with Gasteiger partial charge in [0.2, 0.25) is 0 Å². The summed E-state index contributed by atoms with van der Waals surface area (Å²) in [6.45, 7) is 2.28. The van der Waals surface area contributed by atoms with Gasteiger partial charge in [0.15, 0.2) is 0 Å². The summed E-state index contributed by atoms with van der Waals surface area (Å²) in [6.07, 6.45) is 26.1. The Morgan fingerprint density at radius 2 is 0.800 bits per heavy atom. The van der Waals surface area contributed by atoms with Gasteiger partial charge in [0, 0.05) is 16.8 Å². The van der Waals surface area contributed by atoms with Gasteiger partial charge in [-0.25, -0.2) is 0 Å². The molecule has 0 aromatic carbocycles. The number of rotatable bonds is 20. The Morgan fingerprint density at radius 1 is 0.600 bits per heavy atom. The number of carboxylic acid groups (broad SMARTS) is 1. The van der Waals surface area contributed by atoms with Crippen molar-refractivity contribution in [1.29, 1.82) is 0 Å². The van der Waals surface area contributed by atoms with Gasteiger partial charge in [-0.2, -0.15) is 0 Å². The van der Waals surface area contributed by atoms with Crippen molar-refractivity contribution in [2.75, 3.05) is 0 Å². The maximum atomic E-state index is 10.4. The van der Waals surface area contributed by atoms with E-state index in [0.717, 1.165) is 12.8 Å². The number of carboxylic acids is 1. The molecule has 0 atom stereocenters. The smallest absolute Gasteiger partial charge is 0.759 e. The van der Waals surface area contributed by atoms with Crippen molar-refractivity contribution in [3.05, 3.63) is 0 Å². The molecule has 0 aliphatic rings. The molecule has 0 fully saturated rings. The molecule has 0 unspecified atom stereocenters. The van der Waals surface area contributed by atoms with Crippen molar-refractivity contribution >= 4 is 16.4 Å². The minimum absolute atomic E-state index is 0. The van der Waals surface area contributed by atoms with Gasteiger partial charge in [-0.15, -0.1) is 0 Å². The minimum atomic E-state index is -5.17. The molecular weight excluding hydrogens is 458 g/mol. The van der Waals surface area contributed by atoms with Crippen LogP contribution in [-0.4, -0.2) is 28.6 Å². The molecule has 0 rings (SSSR count). The van der Waals surface area contributed by atoms with Crippen LogP contribution in [0.25, 0.3) is 0 Å². The summed E-state index contributed by atoms with van der Waals surface area (Å²) >= 11 is 0. The molecule has 0 saturated carbocycles. The summed E-state index contributed by atoms with van der Waals surface area (Å²) in [5, 5.41) is 8.56. The second kappa shape index (κ2) is 27.0. The van der Waals surface area contributed by atoms with Gasteiger partial charge in [0.05, 0.1) is 0 Å². The van der Waals surface area contributed by atoms with Crippen molar-refractivity contribution in [2.24, 2.45) is 0 Å². The van der Waals surface area contributed by atoms with E-state index >= 15 is 0 Å². The van der Waals surface area contributed by atoms with Crippen LogP contribution in [0, 0.1) is 0 Å². The molecule has 0 aliphatic carbocycles. The molecule has 0 amide bonds. The quantitative estimate of drug-likeness (QED) is 0.0873. The number of hydrogen-bond donors (Lipinski definition) is 1. The molecule has 0 spiro atoms. The predicted octanol–water partition coefficient (Wildman–Crippen LogP) is 6.55. The van der Waals surface area contributed by atoms with E-state index in [1.165, 1.54) is 109 Å². The van der Waals surface area contributed by atoms with Crippen LogP contribution in [0.5, 0.6) is 0 Å². The Labute approximate surface area is 198 Å². The molecule has 6 nitrogen and oxygen atoms in total. The molecule has 8 heteroatoms. The van der Waals surface area contributed by atoms with E-state index in [2.05, 4.69) is 6.92 Å². The molecule has 0 aliphatic heterocycles. The van der Waals surface area contributed by atoms with Crippen LogP contribution in [-0.2, 0) is 34.7 Å². The Hall–Kier alpha value is -0.0366. The molecular formula is C22H44O6SZn. The monoisotopic (exact) mass is 500 g/mol. The van der Waals surface area contributed by atoms with E-state index in [1.54, 1.807) is 0 Å². The first-order valence-electron chi connectivity index (χ1n) is 11.7. The average molecular weight is 502 g/mol. The van der Waals surface area contributed by atoms with E-state index in [4.69, 9.17) is 22.6 Å². The molecule has 0 aromatic rings. The van der Waals surface area contributed by atoms with E-state index in [1.807, 2.05) is 0 Å². The molecule has 0 bridgehead atoms. The van der Waals surface area contributed by atoms with Crippen molar-refractivity contribution in [3.8, 4) is 0 Å². The summed E-state index contributed by atoms with van der Waals surface area (Å²) in [7, 11) is -5.17. The summed E-state index contributed by atoms with van der Waals surface area (Å²) in [5.74, 6) is -0.651. The molecule has 0 radical (unpaired) electrons. The van der Waals surface area contributed by atoms with Crippen LogP contribution in [0.2, 0.25) is 0 Å².